The number of aliphatic hydroxyl groups excluding tert-OH is 1. The molecule has 2 atom stereocenters. The number of aryl methyl sites for hydroxylation is 1. The van der Waals surface area contributed by atoms with Crippen LogP contribution in [0.2, 0.25) is 0 Å². The van der Waals surface area contributed by atoms with Gasteiger partial charge in [-0.3, -0.25) is 0 Å². The van der Waals surface area contributed by atoms with Crippen molar-refractivity contribution in [3.63, 3.8) is 0 Å². The second kappa shape index (κ2) is 7.49. The smallest absolute Gasteiger partial charge is 0.0776 e. The molecule has 0 saturated heterocycles. The Labute approximate surface area is 112 Å². The van der Waals surface area contributed by atoms with Gasteiger partial charge in [0.25, 0.3) is 0 Å². The van der Waals surface area contributed by atoms with Gasteiger partial charge in [-0.05, 0) is 38.0 Å². The molecular weight excluding hydrogens is 244 g/mol. The van der Waals surface area contributed by atoms with Gasteiger partial charge in [0.15, 0.2) is 0 Å². The van der Waals surface area contributed by atoms with Gasteiger partial charge >= 0.3 is 0 Å². The number of rotatable bonds is 6. The predicted octanol–water partition coefficient (Wildman–Crippen LogP) is 3.56. The fourth-order valence-electron chi connectivity index (χ4n) is 1.61. The first-order valence-corrected chi connectivity index (χ1v) is 7.59. The summed E-state index contributed by atoms with van der Waals surface area (Å²) < 4.78 is 12.1. The van der Waals surface area contributed by atoms with Gasteiger partial charge in [-0.25, -0.2) is 4.21 Å². The summed E-state index contributed by atoms with van der Waals surface area (Å²) in [6.07, 6.45) is 2.32. The third-order valence-electron chi connectivity index (χ3n) is 2.90. The Morgan fingerprint density at radius 1 is 1.39 bits per heavy atom. The summed E-state index contributed by atoms with van der Waals surface area (Å²) in [6.45, 7) is 5.94. The first-order valence-electron chi connectivity index (χ1n) is 6.38. The van der Waals surface area contributed by atoms with Crippen LogP contribution in [0.15, 0.2) is 40.1 Å². The van der Waals surface area contributed by atoms with Crippen molar-refractivity contribution in [3.8, 4) is 0 Å². The van der Waals surface area contributed by atoms with Gasteiger partial charge in [-0.2, -0.15) is 0 Å². The summed E-state index contributed by atoms with van der Waals surface area (Å²) in [4.78, 5) is 0.780. The van der Waals surface area contributed by atoms with E-state index in [1.807, 2.05) is 38.1 Å². The monoisotopic (exact) mass is 266 g/mol. The molecule has 1 rings (SSSR count). The molecule has 0 bridgehead atoms. The van der Waals surface area contributed by atoms with E-state index in [0.717, 1.165) is 35.3 Å². The van der Waals surface area contributed by atoms with Gasteiger partial charge in [0.1, 0.15) is 0 Å². The molecule has 0 fully saturated rings. The first kappa shape index (κ1) is 15.1. The Balaban J connectivity index is 2.70. The molecule has 1 aromatic rings. The Kier molecular flexibility index (Phi) is 6.30. The van der Waals surface area contributed by atoms with Crippen LogP contribution < -0.4 is 0 Å². The molecular formula is C15H22O2S. The van der Waals surface area contributed by atoms with Crippen LogP contribution in [0.4, 0.5) is 0 Å². The molecule has 0 radical (unpaired) electrons. The van der Waals surface area contributed by atoms with Crippen LogP contribution in [0, 0.1) is 6.92 Å². The molecule has 3 heteroatoms. The van der Waals surface area contributed by atoms with Crippen LogP contribution in [-0.4, -0.2) is 15.4 Å². The largest absolute Gasteiger partial charge is 0.389 e. The lowest BCUT2D eigenvalue weighted by Gasteiger charge is -2.10. The molecule has 0 aliphatic rings. The van der Waals surface area contributed by atoms with Gasteiger partial charge in [0.05, 0.1) is 16.9 Å². The van der Waals surface area contributed by atoms with Crippen molar-refractivity contribution in [2.24, 2.45) is 0 Å². The molecule has 100 valence electrons. The van der Waals surface area contributed by atoms with Gasteiger partial charge < -0.3 is 5.11 Å². The second-order valence-electron chi connectivity index (χ2n) is 4.63. The molecule has 1 unspecified atom stereocenters. The summed E-state index contributed by atoms with van der Waals surface area (Å²) >= 11 is 0. The zero-order valence-electron chi connectivity index (χ0n) is 11.3. The standard InChI is InChI=1S/C15H22O2S/c1-4-5-6-15(16)13(3)11-18(17)14-9-7-12(2)8-10-14/h7-11,15-16H,4-6H2,1-3H3/b13-11-/t15-,18?/m0/s1. The quantitative estimate of drug-likeness (QED) is 0.855. The van der Waals surface area contributed by atoms with Crippen molar-refractivity contribution in [2.45, 2.75) is 51.0 Å². The Morgan fingerprint density at radius 2 is 2.00 bits per heavy atom. The lowest BCUT2D eigenvalue weighted by Crippen LogP contribution is -2.08. The molecule has 0 aliphatic carbocycles. The average Bonchev–Trinajstić information content (AvgIpc) is 2.36. The van der Waals surface area contributed by atoms with Crippen molar-refractivity contribution in [1.29, 1.82) is 0 Å². The van der Waals surface area contributed by atoms with Crippen LogP contribution in [0.1, 0.15) is 38.7 Å². The Bertz CT molecular complexity index is 421. The number of hydrogen-bond donors (Lipinski definition) is 1. The van der Waals surface area contributed by atoms with E-state index in [9.17, 15) is 9.32 Å². The van der Waals surface area contributed by atoms with Crippen molar-refractivity contribution in [3.05, 3.63) is 40.8 Å². The minimum Gasteiger partial charge on any atom is -0.389 e. The van der Waals surface area contributed by atoms with Gasteiger partial charge in [-0.15, -0.1) is 0 Å². The molecule has 0 amide bonds. The fraction of sp³-hybridized carbons (Fsp3) is 0.467. The highest BCUT2D eigenvalue weighted by molar-refractivity contribution is 7.88. The van der Waals surface area contributed by atoms with Crippen LogP contribution in [-0.2, 0) is 10.8 Å². The predicted molar refractivity (Wildman–Crippen MR) is 76.9 cm³/mol. The zero-order valence-corrected chi connectivity index (χ0v) is 12.2. The van der Waals surface area contributed by atoms with E-state index in [1.165, 1.54) is 0 Å². The Morgan fingerprint density at radius 3 is 2.56 bits per heavy atom. The molecule has 1 N–H and O–H groups in total. The zero-order chi connectivity index (χ0) is 13.5. The number of benzene rings is 1. The highest BCUT2D eigenvalue weighted by atomic mass is 32.2. The molecule has 0 spiro atoms. The third kappa shape index (κ3) is 4.75. The maximum Gasteiger partial charge on any atom is 0.0776 e. The summed E-state index contributed by atoms with van der Waals surface area (Å²) in [6, 6.07) is 7.63. The van der Waals surface area contributed by atoms with Crippen LogP contribution in [0.5, 0.6) is 0 Å². The lowest BCUT2D eigenvalue weighted by molar-refractivity contribution is 0.197. The highest BCUT2D eigenvalue weighted by Gasteiger charge is 2.08. The fourth-order valence-corrected chi connectivity index (χ4v) is 2.65. The number of unbranched alkanes of at least 4 members (excludes halogenated alkanes) is 1. The third-order valence-corrected chi connectivity index (χ3v) is 4.23. The van der Waals surface area contributed by atoms with E-state index in [0.29, 0.717) is 0 Å². The van der Waals surface area contributed by atoms with Crippen molar-refractivity contribution >= 4 is 10.8 Å². The molecule has 2 nitrogen and oxygen atoms in total. The maximum atomic E-state index is 12.1. The molecule has 0 saturated carbocycles. The minimum atomic E-state index is -1.17. The summed E-state index contributed by atoms with van der Waals surface area (Å²) in [5, 5.41) is 11.5. The van der Waals surface area contributed by atoms with Crippen molar-refractivity contribution in [1.82, 2.24) is 0 Å². The number of aliphatic hydroxyl groups is 1. The maximum absolute atomic E-state index is 12.1. The lowest BCUT2D eigenvalue weighted by atomic mass is 10.1. The second-order valence-corrected chi connectivity index (χ2v) is 5.93. The van der Waals surface area contributed by atoms with Crippen LogP contribution in [0.25, 0.3) is 0 Å². The van der Waals surface area contributed by atoms with E-state index < -0.39 is 16.9 Å². The van der Waals surface area contributed by atoms with Gasteiger partial charge in [0.2, 0.25) is 0 Å². The summed E-state index contributed by atoms with van der Waals surface area (Å²) in [7, 11) is -1.17. The van der Waals surface area contributed by atoms with Crippen LogP contribution >= 0.6 is 0 Å². The molecule has 18 heavy (non-hydrogen) atoms. The Hall–Kier alpha value is -0.930. The van der Waals surface area contributed by atoms with Gasteiger partial charge in [-0.1, -0.05) is 37.5 Å². The highest BCUT2D eigenvalue weighted by Crippen LogP contribution is 2.15. The first-order chi connectivity index (χ1) is 8.54. The van der Waals surface area contributed by atoms with E-state index in [-0.39, 0.29) is 0 Å². The van der Waals surface area contributed by atoms with E-state index >= 15 is 0 Å². The molecule has 1 aromatic carbocycles. The van der Waals surface area contributed by atoms with Crippen molar-refractivity contribution in [2.75, 3.05) is 0 Å². The van der Waals surface area contributed by atoms with E-state index in [4.69, 9.17) is 0 Å². The minimum absolute atomic E-state index is 0.473. The summed E-state index contributed by atoms with van der Waals surface area (Å²) in [5.41, 5.74) is 1.95. The normalized spacial score (nSPS) is 15.4. The molecule has 0 aromatic heterocycles. The van der Waals surface area contributed by atoms with Gasteiger partial charge in [0, 0.05) is 10.3 Å². The average molecular weight is 266 g/mol. The molecule has 0 aliphatic heterocycles. The topological polar surface area (TPSA) is 37.3 Å². The summed E-state index contributed by atoms with van der Waals surface area (Å²) in [5.74, 6) is 0. The van der Waals surface area contributed by atoms with Crippen LogP contribution in [0.3, 0.4) is 0 Å². The van der Waals surface area contributed by atoms with E-state index in [2.05, 4.69) is 6.92 Å². The number of hydrogen-bond acceptors (Lipinski definition) is 2. The molecule has 0 heterocycles. The van der Waals surface area contributed by atoms with E-state index in [1.54, 1.807) is 5.41 Å². The van der Waals surface area contributed by atoms with Crippen molar-refractivity contribution < 1.29 is 9.32 Å². The SMILES string of the molecule is CCCC[C@H](O)/C(C)=C\S(=O)c1ccc(C)cc1.